The number of piperidine rings is 1. The molecule has 36 heteroatoms. The minimum atomic E-state index is -3.84. The van der Waals surface area contributed by atoms with E-state index in [-0.39, 0.29) is 89.8 Å². The molecule has 750 valence electrons. The fourth-order valence-electron chi connectivity index (χ4n) is 14.4. The third-order valence-electron chi connectivity index (χ3n) is 22.0. The first kappa shape index (κ1) is 111. The van der Waals surface area contributed by atoms with E-state index in [1.807, 2.05) is 97.1 Å². The molecular weight excluding hydrogens is 2000 g/mol. The number of halogens is 4. The number of nitrogens with one attached hydrogen (secondary N) is 7. The van der Waals surface area contributed by atoms with Crippen LogP contribution in [0, 0.1) is 37.2 Å². The Hall–Kier alpha value is -14.1. The number of fused-ring (bicyclic) bond motifs is 1. The highest BCUT2D eigenvalue weighted by molar-refractivity contribution is 7.91. The lowest BCUT2D eigenvalue weighted by Gasteiger charge is -2.22. The van der Waals surface area contributed by atoms with Crippen LogP contribution in [0.4, 0.5) is 13.2 Å². The molecule has 1 heterocycles. The zero-order valence-electron chi connectivity index (χ0n) is 78.4. The van der Waals surface area contributed by atoms with E-state index >= 15 is 0 Å². The van der Waals surface area contributed by atoms with E-state index in [2.05, 4.69) is 33.6 Å². The first-order valence-electron chi connectivity index (χ1n) is 44.8. The second kappa shape index (κ2) is 52.9. The number of rotatable bonds is 35. The van der Waals surface area contributed by atoms with Gasteiger partial charge in [-0.1, -0.05) is 260 Å². The molecule has 1 aliphatic heterocycles. The van der Waals surface area contributed by atoms with Gasteiger partial charge in [0.15, 0.2) is 34.7 Å². The Bertz CT molecular complexity index is 7790. The minimum Gasteiger partial charge on any atom is -0.496 e. The predicted octanol–water partition coefficient (Wildman–Crippen LogP) is 17.9. The molecule has 0 unspecified atom stereocenters. The van der Waals surface area contributed by atoms with Gasteiger partial charge in [-0.3, -0.25) is 28.8 Å². The number of hydrogen-bond donors (Lipinski definition) is 7. The van der Waals surface area contributed by atoms with Crippen molar-refractivity contribution in [1.29, 1.82) is 0 Å². The van der Waals surface area contributed by atoms with Gasteiger partial charge in [-0.15, -0.1) is 0 Å². The summed E-state index contributed by atoms with van der Waals surface area (Å²) in [6, 6.07) is 104. The molecule has 0 aromatic heterocycles. The van der Waals surface area contributed by atoms with E-state index in [0.29, 0.717) is 49.7 Å². The number of para-hydroxylation sites is 1. The van der Waals surface area contributed by atoms with Crippen LogP contribution in [-0.4, -0.2) is 150 Å². The summed E-state index contributed by atoms with van der Waals surface area (Å²) in [5, 5.41) is 5.39. The van der Waals surface area contributed by atoms with Crippen molar-refractivity contribution in [3.8, 4) is 39.1 Å². The molecule has 15 aromatic carbocycles. The Labute approximate surface area is 846 Å². The molecule has 7 N–H and O–H groups in total. The van der Waals surface area contributed by atoms with Crippen LogP contribution < -0.4 is 38.4 Å². The Morgan fingerprint density at radius 2 is 0.683 bits per heavy atom. The molecule has 0 radical (unpaired) electrons. The van der Waals surface area contributed by atoms with Gasteiger partial charge in [-0.05, 0) is 223 Å². The number of ether oxygens (including phenoxy) is 1. The number of hydrogen-bond acceptors (Lipinski definition) is 20. The fourth-order valence-corrected chi connectivity index (χ4v) is 21.0. The van der Waals surface area contributed by atoms with Crippen LogP contribution >= 0.6 is 11.6 Å². The van der Waals surface area contributed by atoms with Crippen molar-refractivity contribution in [2.45, 2.75) is 51.2 Å². The van der Waals surface area contributed by atoms with E-state index < -0.39 is 115 Å². The highest BCUT2D eigenvalue weighted by Crippen LogP contribution is 2.31. The van der Waals surface area contributed by atoms with Crippen LogP contribution in [0.1, 0.15) is 86.1 Å². The molecule has 16 rings (SSSR count). The van der Waals surface area contributed by atoms with Crippen LogP contribution in [0.3, 0.4) is 0 Å². The van der Waals surface area contributed by atoms with Crippen molar-refractivity contribution in [2.75, 3.05) is 65.2 Å². The lowest BCUT2D eigenvalue weighted by Crippen LogP contribution is -2.37. The molecule has 26 nitrogen and oxygen atoms in total. The molecule has 0 spiro atoms. The van der Waals surface area contributed by atoms with Crippen LogP contribution in [0.2, 0.25) is 5.02 Å². The standard InChI is InChI=1S/C21H25FN2O3S.C21H18FNO3S.C20H17NO3S.C18H15NO3S.C15H15NO4S.C14H11ClFNO3S/c1-15-11-18(17-5-3-2-4-6-17)12-19(21(15)22)20(25)13-24-28(26,27)14-16-7-9-23-10-8-16;1-15-12-18(16-8-4-2-5-9-16)21(22)19(13-15)20(24)14-23-27(25,26)17-10-6-3-7-11-17;22-20(15-21-25(23,24)19-12-5-2-6-13-19)18-11-7-10-17(14-18)16-8-3-1-4-9-16;20-18(15-7-2-1-3-8-15)13-19-23(21,22)17-11-10-14-6-4-5-9-16(14)12-17;1-20-15-10-6-5-9-13(15)14(17)11-16-21(18,19)12-7-3-2-4-8-12;15-10-5-7-11(8-6-10)21(19,20)17-9-14(18)12-3-1-2-4-13(12)16/h2-6,11-12,16,23-24H,7-10,13-14H2,1H3;2-13,23H,14H2,1H3;1-14,21H,15H2;1-12,19H,13H2;2-10,16H,11H2,1H3;1-8,17H,9H2. The van der Waals surface area contributed by atoms with E-state index in [4.69, 9.17) is 16.3 Å². The lowest BCUT2D eigenvalue weighted by molar-refractivity contribution is 0.0985. The fraction of sp³-hybridized carbons (Fsp3) is 0.138. The smallest absolute Gasteiger partial charge is 0.241 e. The van der Waals surface area contributed by atoms with Gasteiger partial charge in [-0.25, -0.2) is 92.0 Å². The number of benzene rings is 15. The average molecular weight is 2100 g/mol. The number of Topliss-reactive ketones (excluding diaryl/α,β-unsaturated/α-hetero) is 6. The molecule has 15 aromatic rings. The molecule has 0 atom stereocenters. The summed E-state index contributed by atoms with van der Waals surface area (Å²) < 4.78 is 208. The predicted molar refractivity (Wildman–Crippen MR) is 555 cm³/mol. The zero-order valence-corrected chi connectivity index (χ0v) is 84.0. The summed E-state index contributed by atoms with van der Waals surface area (Å²) in [6.07, 6.45) is 1.59. The number of methoxy groups -OCH3 is 1. The van der Waals surface area contributed by atoms with Crippen LogP contribution in [-0.2, 0) is 60.1 Å². The first-order chi connectivity index (χ1) is 69.3. The summed E-state index contributed by atoms with van der Waals surface area (Å²) in [5.41, 5.74) is 6.44. The molecule has 1 fully saturated rings. The third kappa shape index (κ3) is 33.2. The van der Waals surface area contributed by atoms with Crippen molar-refractivity contribution >= 4 is 117 Å². The zero-order chi connectivity index (χ0) is 104. The van der Waals surface area contributed by atoms with Gasteiger partial charge in [0, 0.05) is 21.7 Å². The number of carbonyl (C=O) groups excluding carboxylic acids is 6. The molecule has 1 saturated heterocycles. The van der Waals surface area contributed by atoms with Crippen LogP contribution in [0.15, 0.2) is 401 Å². The van der Waals surface area contributed by atoms with Crippen LogP contribution in [0.25, 0.3) is 44.2 Å². The van der Waals surface area contributed by atoms with Gasteiger partial charge >= 0.3 is 0 Å². The minimum absolute atomic E-state index is 0.00642. The molecule has 1 aliphatic rings. The van der Waals surface area contributed by atoms with E-state index in [0.717, 1.165) is 65.0 Å². The van der Waals surface area contributed by atoms with E-state index in [1.54, 1.807) is 190 Å². The summed E-state index contributed by atoms with van der Waals surface area (Å²) in [6.45, 7) is 2.61. The SMILES string of the molecule is COc1ccccc1C(=O)CNS(=O)(=O)c1ccccc1.Cc1cc(-c2ccccc2)cc(C(=O)CNS(=O)(=O)CC2CCNCC2)c1F.Cc1cc(C(=O)CNS(=O)(=O)c2ccccc2)c(F)c(-c2ccccc2)c1.O=C(CNS(=O)(=O)c1ccc(Cl)cc1)c1ccccc1F.O=C(CNS(=O)(=O)c1ccc2ccccc2c1)c1ccccc1.O=C(CNS(=O)(=O)c1ccccc1)c1cccc(-c2ccccc2)c1. The summed E-state index contributed by atoms with van der Waals surface area (Å²) in [5.74, 6) is -4.22. The lowest BCUT2D eigenvalue weighted by atomic mass is 9.97. The first-order valence-corrected chi connectivity index (χ1v) is 54.3. The van der Waals surface area contributed by atoms with Gasteiger partial charge in [0.05, 0.1) is 98.9 Å². The maximum atomic E-state index is 14.9. The van der Waals surface area contributed by atoms with Crippen molar-refractivity contribution in [3.05, 3.63) is 443 Å². The van der Waals surface area contributed by atoms with Gasteiger partial charge in [0.1, 0.15) is 23.2 Å². The van der Waals surface area contributed by atoms with E-state index in [9.17, 15) is 92.4 Å². The van der Waals surface area contributed by atoms with Crippen molar-refractivity contribution < 1.29 is 97.2 Å². The molecule has 145 heavy (non-hydrogen) atoms. The third-order valence-corrected chi connectivity index (χ3v) is 30.8. The Kier molecular flexibility index (Phi) is 40.6. The summed E-state index contributed by atoms with van der Waals surface area (Å²) in [4.78, 5) is 73.8. The van der Waals surface area contributed by atoms with Crippen molar-refractivity contribution in [2.24, 2.45) is 5.92 Å². The monoisotopic (exact) mass is 2100 g/mol. The normalized spacial score (nSPS) is 12.1. The summed E-state index contributed by atoms with van der Waals surface area (Å²) in [7, 11) is -20.9. The van der Waals surface area contributed by atoms with Gasteiger partial charge < -0.3 is 10.1 Å². The van der Waals surface area contributed by atoms with Crippen LogP contribution in [0.5, 0.6) is 5.75 Å². The number of sulfonamides is 6. The Morgan fingerprint density at radius 3 is 1.18 bits per heavy atom. The van der Waals surface area contributed by atoms with Crippen molar-refractivity contribution in [1.82, 2.24) is 33.6 Å². The number of aryl methyl sites for hydroxylation is 2. The highest BCUT2D eigenvalue weighted by Gasteiger charge is 2.28. The molecule has 0 aliphatic carbocycles. The number of ketones is 6. The molecule has 0 saturated carbocycles. The maximum absolute atomic E-state index is 14.9. The van der Waals surface area contributed by atoms with E-state index in [1.165, 1.54) is 104 Å². The maximum Gasteiger partial charge on any atom is 0.241 e. The number of carbonyl (C=O) groups is 6. The van der Waals surface area contributed by atoms with Gasteiger partial charge in [0.25, 0.3) is 0 Å². The van der Waals surface area contributed by atoms with Gasteiger partial charge in [0.2, 0.25) is 60.1 Å². The molecule has 0 amide bonds. The highest BCUT2D eigenvalue weighted by atomic mass is 35.5. The quantitative estimate of drug-likeness (QED) is 0.0181. The Balaban J connectivity index is 0.000000166. The second-order valence-electron chi connectivity index (χ2n) is 32.4. The van der Waals surface area contributed by atoms with Crippen molar-refractivity contribution in [3.63, 3.8) is 0 Å². The second-order valence-corrected chi connectivity index (χ2v) is 43.5. The van der Waals surface area contributed by atoms with Gasteiger partial charge in [-0.2, -0.15) is 0 Å². The molecular formula is C109H101ClF3N7O19S6. The molecule has 0 bridgehead atoms. The largest absolute Gasteiger partial charge is 0.496 e. The topological polar surface area (TPSA) is 401 Å². The Morgan fingerprint density at radius 1 is 0.317 bits per heavy atom. The average Bonchev–Trinajstić information content (AvgIpc) is 0.817. The summed E-state index contributed by atoms with van der Waals surface area (Å²) >= 11 is 5.68.